The molecule has 2 fully saturated rings. The molecule has 0 aliphatic carbocycles. The van der Waals surface area contributed by atoms with E-state index in [2.05, 4.69) is 40.2 Å². The van der Waals surface area contributed by atoms with Crippen LogP contribution in [0.5, 0.6) is 0 Å². The smallest absolute Gasteiger partial charge is 0.131 e. The number of hydrogen-bond donors (Lipinski definition) is 1. The van der Waals surface area contributed by atoms with E-state index in [0.29, 0.717) is 0 Å². The van der Waals surface area contributed by atoms with Gasteiger partial charge in [0.15, 0.2) is 0 Å². The highest BCUT2D eigenvalue weighted by Gasteiger charge is 2.29. The summed E-state index contributed by atoms with van der Waals surface area (Å²) in [5.41, 5.74) is 0. The Morgan fingerprint density at radius 3 is 2.86 bits per heavy atom. The number of likely N-dealkylation sites (tertiary alicyclic amines) is 1. The number of anilines is 2. The Balaban J connectivity index is 1.60. The molecule has 0 aromatic carbocycles. The van der Waals surface area contributed by atoms with Crippen LogP contribution in [0.2, 0.25) is 0 Å². The van der Waals surface area contributed by atoms with Gasteiger partial charge in [-0.05, 0) is 50.9 Å². The van der Waals surface area contributed by atoms with Gasteiger partial charge in [0.05, 0.1) is 0 Å². The van der Waals surface area contributed by atoms with Crippen LogP contribution in [0.1, 0.15) is 39.0 Å². The van der Waals surface area contributed by atoms with Crippen LogP contribution in [0.4, 0.5) is 11.6 Å². The van der Waals surface area contributed by atoms with Crippen LogP contribution >= 0.6 is 0 Å². The van der Waals surface area contributed by atoms with E-state index in [1.165, 1.54) is 38.8 Å². The van der Waals surface area contributed by atoms with Crippen molar-refractivity contribution in [1.82, 2.24) is 9.88 Å². The maximum absolute atomic E-state index is 4.77. The molecule has 0 radical (unpaired) electrons. The molecule has 0 saturated carbocycles. The summed E-state index contributed by atoms with van der Waals surface area (Å²) in [7, 11) is 0. The van der Waals surface area contributed by atoms with Crippen molar-refractivity contribution >= 4 is 11.6 Å². The summed E-state index contributed by atoms with van der Waals surface area (Å²) in [4.78, 5) is 9.92. The molecule has 2 aliphatic heterocycles. The van der Waals surface area contributed by atoms with E-state index in [1.54, 1.807) is 0 Å². The minimum absolute atomic E-state index is 0.736. The van der Waals surface area contributed by atoms with Gasteiger partial charge in [-0.2, -0.15) is 0 Å². The van der Waals surface area contributed by atoms with Crippen molar-refractivity contribution in [3.8, 4) is 0 Å². The van der Waals surface area contributed by atoms with Crippen molar-refractivity contribution in [3.63, 3.8) is 0 Å². The van der Waals surface area contributed by atoms with Crippen molar-refractivity contribution in [2.45, 2.75) is 45.1 Å². The fourth-order valence-corrected chi connectivity index (χ4v) is 3.48. The number of rotatable bonds is 5. The SMILES string of the molecule is CCCNc1cccc(N2CCC(N3CCCCC3)C2)n1. The van der Waals surface area contributed by atoms with Crippen LogP contribution in [0.25, 0.3) is 0 Å². The molecule has 1 unspecified atom stereocenters. The topological polar surface area (TPSA) is 31.4 Å². The van der Waals surface area contributed by atoms with Gasteiger partial charge in [-0.3, -0.25) is 4.90 Å². The number of hydrogen-bond acceptors (Lipinski definition) is 4. The highest BCUT2D eigenvalue weighted by Crippen LogP contribution is 2.24. The molecule has 2 saturated heterocycles. The molecule has 3 heterocycles. The molecule has 0 spiro atoms. The van der Waals surface area contributed by atoms with Gasteiger partial charge < -0.3 is 10.2 Å². The lowest BCUT2D eigenvalue weighted by Gasteiger charge is -2.32. The van der Waals surface area contributed by atoms with Gasteiger partial charge in [0.1, 0.15) is 11.6 Å². The molecule has 2 aliphatic rings. The maximum Gasteiger partial charge on any atom is 0.131 e. The molecule has 21 heavy (non-hydrogen) atoms. The number of nitrogens with one attached hydrogen (secondary N) is 1. The fraction of sp³-hybridized carbons (Fsp3) is 0.706. The van der Waals surface area contributed by atoms with E-state index in [1.807, 2.05) is 0 Å². The first-order valence-electron chi connectivity index (χ1n) is 8.57. The third-order valence-electron chi connectivity index (χ3n) is 4.68. The average molecular weight is 288 g/mol. The van der Waals surface area contributed by atoms with Gasteiger partial charge in [-0.25, -0.2) is 4.98 Å². The van der Waals surface area contributed by atoms with Crippen molar-refractivity contribution < 1.29 is 0 Å². The summed E-state index contributed by atoms with van der Waals surface area (Å²) in [6, 6.07) is 7.07. The molecule has 1 aromatic heterocycles. The average Bonchev–Trinajstić information content (AvgIpc) is 3.04. The van der Waals surface area contributed by atoms with Crippen LogP contribution in [0.15, 0.2) is 18.2 Å². The Morgan fingerprint density at radius 1 is 1.19 bits per heavy atom. The minimum Gasteiger partial charge on any atom is -0.370 e. The van der Waals surface area contributed by atoms with Crippen LogP contribution in [-0.4, -0.2) is 48.6 Å². The van der Waals surface area contributed by atoms with Crippen LogP contribution in [0.3, 0.4) is 0 Å². The van der Waals surface area contributed by atoms with Crippen molar-refractivity contribution in [1.29, 1.82) is 0 Å². The van der Waals surface area contributed by atoms with E-state index >= 15 is 0 Å². The second-order valence-corrected chi connectivity index (χ2v) is 6.29. The lowest BCUT2D eigenvalue weighted by Crippen LogP contribution is -2.40. The molecule has 3 rings (SSSR count). The molecular formula is C17H28N4. The lowest BCUT2D eigenvalue weighted by atomic mass is 10.1. The molecule has 4 heteroatoms. The normalized spacial score (nSPS) is 23.5. The highest BCUT2D eigenvalue weighted by atomic mass is 15.3. The Bertz CT molecular complexity index is 442. The largest absolute Gasteiger partial charge is 0.370 e. The second kappa shape index (κ2) is 7.12. The van der Waals surface area contributed by atoms with Gasteiger partial charge >= 0.3 is 0 Å². The number of nitrogens with zero attached hydrogens (tertiary/aromatic N) is 3. The molecule has 116 valence electrons. The second-order valence-electron chi connectivity index (χ2n) is 6.29. The molecule has 4 nitrogen and oxygen atoms in total. The number of pyridine rings is 1. The Labute approximate surface area is 128 Å². The molecule has 0 bridgehead atoms. The summed E-state index contributed by atoms with van der Waals surface area (Å²) in [6.07, 6.45) is 6.59. The highest BCUT2D eigenvalue weighted by molar-refractivity contribution is 5.48. The van der Waals surface area contributed by atoms with Crippen molar-refractivity contribution in [2.24, 2.45) is 0 Å². The Hall–Kier alpha value is -1.29. The monoisotopic (exact) mass is 288 g/mol. The number of piperidine rings is 1. The number of aromatic nitrogens is 1. The molecule has 1 aromatic rings. The van der Waals surface area contributed by atoms with Crippen LogP contribution in [0, 0.1) is 0 Å². The Morgan fingerprint density at radius 2 is 2.05 bits per heavy atom. The van der Waals surface area contributed by atoms with Gasteiger partial charge in [-0.15, -0.1) is 0 Å². The molecule has 1 atom stereocenters. The summed E-state index contributed by atoms with van der Waals surface area (Å²) in [6.45, 7) is 8.05. The van der Waals surface area contributed by atoms with Crippen LogP contribution < -0.4 is 10.2 Å². The predicted octanol–water partition coefficient (Wildman–Crippen LogP) is 2.97. The van der Waals surface area contributed by atoms with Crippen molar-refractivity contribution in [2.75, 3.05) is 42.9 Å². The third-order valence-corrected chi connectivity index (χ3v) is 4.68. The van der Waals surface area contributed by atoms with E-state index in [-0.39, 0.29) is 0 Å². The minimum atomic E-state index is 0.736. The van der Waals surface area contributed by atoms with Gasteiger partial charge in [0.25, 0.3) is 0 Å². The maximum atomic E-state index is 4.77. The van der Waals surface area contributed by atoms with E-state index < -0.39 is 0 Å². The molecule has 1 N–H and O–H groups in total. The first-order valence-corrected chi connectivity index (χ1v) is 8.57. The fourth-order valence-electron chi connectivity index (χ4n) is 3.48. The first-order chi connectivity index (χ1) is 10.4. The summed E-state index contributed by atoms with van der Waals surface area (Å²) < 4.78 is 0. The zero-order chi connectivity index (χ0) is 14.5. The first kappa shape index (κ1) is 14.6. The van der Waals surface area contributed by atoms with E-state index in [0.717, 1.165) is 43.7 Å². The van der Waals surface area contributed by atoms with E-state index in [4.69, 9.17) is 4.98 Å². The summed E-state index contributed by atoms with van der Waals surface area (Å²) >= 11 is 0. The molecular weight excluding hydrogens is 260 g/mol. The van der Waals surface area contributed by atoms with Crippen molar-refractivity contribution in [3.05, 3.63) is 18.2 Å². The Kier molecular flexibility index (Phi) is 4.96. The van der Waals surface area contributed by atoms with Gasteiger partial charge in [0, 0.05) is 25.7 Å². The molecule has 0 amide bonds. The third kappa shape index (κ3) is 3.67. The zero-order valence-corrected chi connectivity index (χ0v) is 13.2. The van der Waals surface area contributed by atoms with Crippen LogP contribution in [-0.2, 0) is 0 Å². The lowest BCUT2D eigenvalue weighted by molar-refractivity contribution is 0.175. The standard InChI is InChI=1S/C17H28N4/c1-2-10-18-16-7-6-8-17(19-16)21-13-9-15(14-21)20-11-4-3-5-12-20/h6-8,15H,2-5,9-14H2,1H3,(H,18,19). The predicted molar refractivity (Wildman–Crippen MR) is 89.1 cm³/mol. The summed E-state index contributed by atoms with van der Waals surface area (Å²) in [5.74, 6) is 2.14. The van der Waals surface area contributed by atoms with Gasteiger partial charge in [0.2, 0.25) is 0 Å². The zero-order valence-electron chi connectivity index (χ0n) is 13.2. The van der Waals surface area contributed by atoms with Gasteiger partial charge in [-0.1, -0.05) is 19.4 Å². The summed E-state index contributed by atoms with van der Waals surface area (Å²) in [5, 5.41) is 3.38. The van der Waals surface area contributed by atoms with E-state index in [9.17, 15) is 0 Å². The quantitative estimate of drug-likeness (QED) is 0.902.